The molecule has 1 aromatic rings. The zero-order valence-corrected chi connectivity index (χ0v) is 13.3. The molecule has 3 unspecified atom stereocenters. The lowest BCUT2D eigenvalue weighted by Crippen LogP contribution is -2.36. The highest BCUT2D eigenvalue weighted by Gasteiger charge is 2.41. The summed E-state index contributed by atoms with van der Waals surface area (Å²) < 4.78 is 16.4. The molecule has 3 atom stereocenters. The van der Waals surface area contributed by atoms with Gasteiger partial charge in [0.1, 0.15) is 5.60 Å². The number of hydrogen-bond acceptors (Lipinski definition) is 6. The van der Waals surface area contributed by atoms with Gasteiger partial charge in [-0.2, -0.15) is 4.98 Å². The Kier molecular flexibility index (Phi) is 5.72. The maximum atomic E-state index is 6.05. The van der Waals surface area contributed by atoms with Gasteiger partial charge in [-0.05, 0) is 32.1 Å². The third kappa shape index (κ3) is 4.02. The summed E-state index contributed by atoms with van der Waals surface area (Å²) in [6.45, 7) is 5.39. The van der Waals surface area contributed by atoms with Gasteiger partial charge in [-0.1, -0.05) is 18.5 Å². The zero-order valence-electron chi connectivity index (χ0n) is 13.3. The molecule has 120 valence electrons. The van der Waals surface area contributed by atoms with Crippen molar-refractivity contribution in [1.29, 1.82) is 0 Å². The molecule has 1 heterocycles. The Bertz CT molecular complexity index is 434. The highest BCUT2D eigenvalue weighted by Crippen LogP contribution is 2.41. The van der Waals surface area contributed by atoms with Gasteiger partial charge in [-0.25, -0.2) is 0 Å². The first kappa shape index (κ1) is 16.4. The monoisotopic (exact) mass is 297 g/mol. The molecule has 0 amide bonds. The summed E-state index contributed by atoms with van der Waals surface area (Å²) in [6, 6.07) is -0.128. The number of methoxy groups -OCH3 is 1. The fourth-order valence-corrected chi connectivity index (χ4v) is 3.20. The second kappa shape index (κ2) is 7.33. The van der Waals surface area contributed by atoms with Crippen LogP contribution in [0.25, 0.3) is 0 Å². The molecule has 0 aromatic carbocycles. The molecule has 1 saturated carbocycles. The summed E-state index contributed by atoms with van der Waals surface area (Å²) in [5.74, 6) is 1.85. The van der Waals surface area contributed by atoms with E-state index >= 15 is 0 Å². The van der Waals surface area contributed by atoms with Crippen LogP contribution >= 0.6 is 0 Å². The third-order valence-electron chi connectivity index (χ3n) is 4.07. The number of rotatable bonds is 7. The smallest absolute Gasteiger partial charge is 0.228 e. The summed E-state index contributed by atoms with van der Waals surface area (Å²) in [5.41, 5.74) is 5.54. The molecule has 6 heteroatoms. The van der Waals surface area contributed by atoms with Crippen LogP contribution < -0.4 is 5.73 Å². The molecule has 21 heavy (non-hydrogen) atoms. The molecule has 6 nitrogen and oxygen atoms in total. The van der Waals surface area contributed by atoms with Gasteiger partial charge in [0.05, 0.1) is 6.61 Å². The van der Waals surface area contributed by atoms with Gasteiger partial charge in [0.25, 0.3) is 0 Å². The SMILES string of the molecule is CCOC1(c2noc(CC(N)COC)n2)CCCC(C)C1. The Hall–Kier alpha value is -0.980. The molecule has 1 fully saturated rings. The zero-order chi connectivity index (χ0) is 15.3. The second-order valence-corrected chi connectivity index (χ2v) is 6.06. The summed E-state index contributed by atoms with van der Waals surface area (Å²) in [6.07, 6.45) is 4.79. The van der Waals surface area contributed by atoms with Crippen LogP contribution in [0.2, 0.25) is 0 Å². The number of nitrogens with two attached hydrogens (primary N) is 1. The van der Waals surface area contributed by atoms with Crippen molar-refractivity contribution in [2.75, 3.05) is 20.3 Å². The highest BCUT2D eigenvalue weighted by atomic mass is 16.5. The number of hydrogen-bond donors (Lipinski definition) is 1. The van der Waals surface area contributed by atoms with E-state index in [1.165, 1.54) is 6.42 Å². The van der Waals surface area contributed by atoms with Crippen molar-refractivity contribution < 1.29 is 14.0 Å². The Morgan fingerprint density at radius 2 is 2.33 bits per heavy atom. The van der Waals surface area contributed by atoms with E-state index < -0.39 is 0 Å². The van der Waals surface area contributed by atoms with E-state index in [-0.39, 0.29) is 11.6 Å². The van der Waals surface area contributed by atoms with Crippen LogP contribution in [0.3, 0.4) is 0 Å². The minimum Gasteiger partial charge on any atom is -0.383 e. The first-order chi connectivity index (χ1) is 10.1. The Morgan fingerprint density at radius 1 is 1.52 bits per heavy atom. The average molecular weight is 297 g/mol. The van der Waals surface area contributed by atoms with E-state index in [9.17, 15) is 0 Å². The van der Waals surface area contributed by atoms with Gasteiger partial charge < -0.3 is 19.7 Å². The predicted molar refractivity (Wildman–Crippen MR) is 78.8 cm³/mol. The van der Waals surface area contributed by atoms with E-state index in [2.05, 4.69) is 17.1 Å². The van der Waals surface area contributed by atoms with Gasteiger partial charge in [0.2, 0.25) is 11.7 Å². The quantitative estimate of drug-likeness (QED) is 0.829. The molecule has 2 rings (SSSR count). The fraction of sp³-hybridized carbons (Fsp3) is 0.867. The molecule has 0 spiro atoms. The van der Waals surface area contributed by atoms with Crippen LogP contribution in [0.5, 0.6) is 0 Å². The van der Waals surface area contributed by atoms with Gasteiger partial charge >= 0.3 is 0 Å². The van der Waals surface area contributed by atoms with Crippen LogP contribution in [0.1, 0.15) is 51.2 Å². The van der Waals surface area contributed by atoms with Crippen LogP contribution in [0, 0.1) is 5.92 Å². The molecule has 0 bridgehead atoms. The molecule has 0 radical (unpaired) electrons. The molecular weight excluding hydrogens is 270 g/mol. The van der Waals surface area contributed by atoms with Crippen LogP contribution in [0.15, 0.2) is 4.52 Å². The first-order valence-electron chi connectivity index (χ1n) is 7.81. The Balaban J connectivity index is 2.12. The number of aromatic nitrogens is 2. The van der Waals surface area contributed by atoms with E-state index in [1.54, 1.807) is 7.11 Å². The molecule has 0 aliphatic heterocycles. The molecule has 1 aliphatic carbocycles. The average Bonchev–Trinajstić information content (AvgIpc) is 2.88. The predicted octanol–water partition coefficient (Wildman–Crippen LogP) is 2.03. The van der Waals surface area contributed by atoms with E-state index in [0.29, 0.717) is 37.3 Å². The third-order valence-corrected chi connectivity index (χ3v) is 4.07. The minimum atomic E-state index is -0.389. The summed E-state index contributed by atoms with van der Waals surface area (Å²) in [5, 5.41) is 4.17. The minimum absolute atomic E-state index is 0.128. The van der Waals surface area contributed by atoms with Crippen molar-refractivity contribution in [1.82, 2.24) is 10.1 Å². The van der Waals surface area contributed by atoms with Crippen molar-refractivity contribution in [3.8, 4) is 0 Å². The van der Waals surface area contributed by atoms with Crippen molar-refractivity contribution in [3.63, 3.8) is 0 Å². The largest absolute Gasteiger partial charge is 0.383 e. The fourth-order valence-electron chi connectivity index (χ4n) is 3.20. The molecular formula is C15H27N3O3. The molecule has 0 saturated heterocycles. The van der Waals surface area contributed by atoms with Crippen molar-refractivity contribution in [3.05, 3.63) is 11.7 Å². The van der Waals surface area contributed by atoms with E-state index in [0.717, 1.165) is 19.3 Å². The van der Waals surface area contributed by atoms with Crippen molar-refractivity contribution >= 4 is 0 Å². The number of ether oxygens (including phenoxy) is 2. The first-order valence-corrected chi connectivity index (χ1v) is 7.81. The normalized spacial score (nSPS) is 27.7. The van der Waals surface area contributed by atoms with Gasteiger partial charge in [0, 0.05) is 26.2 Å². The van der Waals surface area contributed by atoms with Crippen molar-refractivity contribution in [2.24, 2.45) is 11.7 Å². The maximum Gasteiger partial charge on any atom is 0.228 e. The molecule has 2 N–H and O–H groups in total. The summed E-state index contributed by atoms with van der Waals surface area (Å²) >= 11 is 0. The molecule has 1 aliphatic rings. The lowest BCUT2D eigenvalue weighted by atomic mass is 9.78. The lowest BCUT2D eigenvalue weighted by molar-refractivity contribution is -0.0891. The summed E-state index contributed by atoms with van der Waals surface area (Å²) in [4.78, 5) is 4.54. The molecule has 1 aromatic heterocycles. The Labute approximate surface area is 126 Å². The number of nitrogens with zero attached hydrogens (tertiary/aromatic N) is 2. The topological polar surface area (TPSA) is 83.4 Å². The lowest BCUT2D eigenvalue weighted by Gasteiger charge is -2.37. The van der Waals surface area contributed by atoms with Crippen molar-refractivity contribution in [2.45, 2.75) is 57.6 Å². The van der Waals surface area contributed by atoms with Crippen LogP contribution in [-0.2, 0) is 21.5 Å². The Morgan fingerprint density at radius 3 is 3.00 bits per heavy atom. The standard InChI is InChI=1S/C15H27N3O3/c1-4-20-15(7-5-6-11(2)9-15)14-17-13(21-18-14)8-12(16)10-19-3/h11-12H,4-10,16H2,1-3H3. The van der Waals surface area contributed by atoms with Gasteiger partial charge in [0.15, 0.2) is 0 Å². The van der Waals surface area contributed by atoms with Gasteiger partial charge in [-0.3, -0.25) is 0 Å². The summed E-state index contributed by atoms with van der Waals surface area (Å²) in [7, 11) is 1.63. The highest BCUT2D eigenvalue weighted by molar-refractivity contribution is 5.05. The second-order valence-electron chi connectivity index (χ2n) is 6.06. The maximum absolute atomic E-state index is 6.05. The van der Waals surface area contributed by atoms with Crippen LogP contribution in [-0.4, -0.2) is 36.5 Å². The van der Waals surface area contributed by atoms with E-state index in [4.69, 9.17) is 19.7 Å². The van der Waals surface area contributed by atoms with Crippen LogP contribution in [0.4, 0.5) is 0 Å². The van der Waals surface area contributed by atoms with E-state index in [1.807, 2.05) is 6.92 Å². The van der Waals surface area contributed by atoms with Gasteiger partial charge in [-0.15, -0.1) is 0 Å².